The van der Waals surface area contributed by atoms with E-state index in [-0.39, 0.29) is 23.6 Å². The van der Waals surface area contributed by atoms with Crippen LogP contribution in [0.25, 0.3) is 0 Å². The maximum Gasteiger partial charge on any atom is 0.320 e. The summed E-state index contributed by atoms with van der Waals surface area (Å²) in [5.74, 6) is 0.762. The van der Waals surface area contributed by atoms with Crippen LogP contribution in [0.1, 0.15) is 32.1 Å². The Morgan fingerprint density at radius 2 is 1.91 bits per heavy atom. The Morgan fingerprint density at radius 3 is 2.57 bits per heavy atom. The van der Waals surface area contributed by atoms with Gasteiger partial charge in [0.25, 0.3) is 10.1 Å². The van der Waals surface area contributed by atoms with Gasteiger partial charge in [-0.1, -0.05) is 0 Å². The molecule has 4 saturated carbocycles. The van der Waals surface area contributed by atoms with Gasteiger partial charge in [-0.05, 0) is 68.2 Å². The first-order chi connectivity index (χ1) is 10.8. The van der Waals surface area contributed by atoms with Crippen molar-refractivity contribution in [3.63, 3.8) is 0 Å². The second kappa shape index (κ2) is 6.31. The highest BCUT2D eigenvalue weighted by Crippen LogP contribution is 2.57. The van der Waals surface area contributed by atoms with Gasteiger partial charge in [-0.3, -0.25) is 9.35 Å². The number of nitrogens with two attached hydrogens (primary N) is 1. The minimum absolute atomic E-state index is 0.0133. The molecule has 0 aliphatic heterocycles. The summed E-state index contributed by atoms with van der Waals surface area (Å²) >= 11 is 0. The second-order valence-electron chi connectivity index (χ2n) is 7.55. The van der Waals surface area contributed by atoms with Crippen molar-refractivity contribution in [2.75, 3.05) is 12.3 Å². The number of nitrogens with one attached hydrogen (secondary N) is 1. The van der Waals surface area contributed by atoms with Gasteiger partial charge in [0.1, 0.15) is 6.04 Å². The third-order valence-corrected chi connectivity index (χ3v) is 6.95. The lowest BCUT2D eigenvalue weighted by atomic mass is 9.48. The number of aliphatic carboxylic acids is 1. The molecule has 4 rings (SSSR count). The molecule has 23 heavy (non-hydrogen) atoms. The third kappa shape index (κ3) is 3.55. The van der Waals surface area contributed by atoms with Crippen molar-refractivity contribution in [1.29, 1.82) is 0 Å². The maximum absolute atomic E-state index is 11.4. The van der Waals surface area contributed by atoms with Crippen molar-refractivity contribution in [1.82, 2.24) is 5.32 Å². The number of rotatable bonds is 7. The van der Waals surface area contributed by atoms with Gasteiger partial charge in [-0.15, -0.1) is 0 Å². The molecule has 7 atom stereocenters. The average Bonchev–Trinajstić information content (AvgIpc) is 2.43. The molecule has 0 heterocycles. The molecule has 132 valence electrons. The van der Waals surface area contributed by atoms with Crippen molar-refractivity contribution in [2.45, 2.75) is 44.2 Å². The zero-order chi connectivity index (χ0) is 16.8. The molecule has 0 radical (unpaired) electrons. The smallest absolute Gasteiger partial charge is 0.320 e. The highest BCUT2D eigenvalue weighted by Gasteiger charge is 2.55. The molecule has 0 saturated heterocycles. The first-order valence-corrected chi connectivity index (χ1v) is 10.0. The van der Waals surface area contributed by atoms with Gasteiger partial charge in [0, 0.05) is 6.04 Å². The van der Waals surface area contributed by atoms with Crippen LogP contribution in [0.3, 0.4) is 0 Å². The van der Waals surface area contributed by atoms with E-state index < -0.39 is 22.1 Å². The molecule has 4 aliphatic carbocycles. The Labute approximate surface area is 136 Å². The highest BCUT2D eigenvalue weighted by molar-refractivity contribution is 7.85. The number of carbonyl (C=O) groups is 1. The zero-order valence-electron chi connectivity index (χ0n) is 13.1. The first kappa shape index (κ1) is 17.1. The van der Waals surface area contributed by atoms with Gasteiger partial charge in [0.15, 0.2) is 0 Å². The maximum atomic E-state index is 11.4. The molecule has 4 fully saturated rings. The summed E-state index contributed by atoms with van der Waals surface area (Å²) < 4.78 is 30.4. The van der Waals surface area contributed by atoms with Gasteiger partial charge in [0.2, 0.25) is 0 Å². The molecular weight excluding hydrogens is 320 g/mol. The van der Waals surface area contributed by atoms with Crippen molar-refractivity contribution in [3.8, 4) is 0 Å². The van der Waals surface area contributed by atoms with Crippen LogP contribution in [-0.4, -0.2) is 48.4 Å². The fraction of sp³-hybridized carbons (Fsp3) is 0.933. The summed E-state index contributed by atoms with van der Waals surface area (Å²) in [6.07, 6.45) is 4.69. The van der Waals surface area contributed by atoms with Gasteiger partial charge in [-0.2, -0.15) is 8.42 Å². The number of carboxylic acid groups (broad SMARTS) is 1. The monoisotopic (exact) mass is 346 g/mol. The molecule has 4 bridgehead atoms. The Balaban J connectivity index is 1.65. The van der Waals surface area contributed by atoms with E-state index >= 15 is 0 Å². The van der Waals surface area contributed by atoms with Gasteiger partial charge >= 0.3 is 5.97 Å². The van der Waals surface area contributed by atoms with E-state index in [4.69, 9.17) is 10.3 Å². The third-order valence-electron chi connectivity index (χ3n) is 6.15. The summed E-state index contributed by atoms with van der Waals surface area (Å²) in [4.78, 5) is 11.4. The van der Waals surface area contributed by atoms with Gasteiger partial charge in [-0.25, -0.2) is 0 Å². The molecule has 0 aromatic carbocycles. The summed E-state index contributed by atoms with van der Waals surface area (Å²) in [7, 11) is -3.92. The van der Waals surface area contributed by atoms with Crippen LogP contribution >= 0.6 is 0 Å². The molecule has 0 aromatic heterocycles. The van der Waals surface area contributed by atoms with Crippen LogP contribution in [0.2, 0.25) is 0 Å². The van der Waals surface area contributed by atoms with Crippen LogP contribution in [0, 0.1) is 29.6 Å². The van der Waals surface area contributed by atoms with Crippen molar-refractivity contribution in [2.24, 2.45) is 35.3 Å². The molecule has 4 aliphatic rings. The second-order valence-corrected chi connectivity index (χ2v) is 9.13. The number of carboxylic acids is 1. The lowest BCUT2D eigenvalue weighted by Gasteiger charge is -2.59. The molecule has 7 nitrogen and oxygen atoms in total. The molecular formula is C15H26N2O5S. The fourth-order valence-electron chi connectivity index (χ4n) is 5.53. The van der Waals surface area contributed by atoms with Crippen LogP contribution in [0.5, 0.6) is 0 Å². The minimum Gasteiger partial charge on any atom is -0.480 e. The summed E-state index contributed by atoms with van der Waals surface area (Å²) in [5.41, 5.74) is 5.98. The highest BCUT2D eigenvalue weighted by atomic mass is 32.2. The largest absolute Gasteiger partial charge is 0.480 e. The number of hydrogen-bond acceptors (Lipinski definition) is 5. The molecule has 7 unspecified atom stereocenters. The van der Waals surface area contributed by atoms with Crippen LogP contribution in [0.15, 0.2) is 0 Å². The van der Waals surface area contributed by atoms with Gasteiger partial charge in [0.05, 0.1) is 5.75 Å². The van der Waals surface area contributed by atoms with Crippen LogP contribution < -0.4 is 11.1 Å². The van der Waals surface area contributed by atoms with Crippen LogP contribution in [-0.2, 0) is 14.9 Å². The molecule has 0 amide bonds. The quantitative estimate of drug-likeness (QED) is 0.386. The standard InChI is InChI=1S/C15H26N2O5S/c16-13(15(18)19)12-9-4-8-5-10(7-9)14(11(12)6-8)17-2-1-3-23(20,21)22/h8-14,17H,1-7,16H2,(H,18,19)(H,20,21,22). The predicted molar refractivity (Wildman–Crippen MR) is 84.4 cm³/mol. The number of hydrogen-bond donors (Lipinski definition) is 4. The Kier molecular flexibility index (Phi) is 4.70. The molecule has 0 spiro atoms. The predicted octanol–water partition coefficient (Wildman–Crippen LogP) is 0.317. The van der Waals surface area contributed by atoms with E-state index in [0.717, 1.165) is 19.3 Å². The molecule has 5 N–H and O–H groups in total. The SMILES string of the molecule is NC(C(=O)O)C1C2CC3CC(C2)C(NCCCS(=O)(=O)O)C1C3. The molecule has 0 aromatic rings. The summed E-state index contributed by atoms with van der Waals surface area (Å²) in [5, 5.41) is 12.8. The average molecular weight is 346 g/mol. The Morgan fingerprint density at radius 1 is 1.22 bits per heavy atom. The minimum atomic E-state index is -3.92. The van der Waals surface area contributed by atoms with E-state index in [1.54, 1.807) is 0 Å². The van der Waals surface area contributed by atoms with E-state index in [1.807, 2.05) is 0 Å². The van der Waals surface area contributed by atoms with E-state index in [2.05, 4.69) is 5.32 Å². The van der Waals surface area contributed by atoms with Crippen molar-refractivity contribution >= 4 is 16.1 Å². The summed E-state index contributed by atoms with van der Waals surface area (Å²) in [6.45, 7) is 0.516. The lowest BCUT2D eigenvalue weighted by molar-refractivity contribution is -0.146. The van der Waals surface area contributed by atoms with E-state index in [0.29, 0.717) is 30.7 Å². The fourth-order valence-corrected chi connectivity index (χ4v) is 6.04. The first-order valence-electron chi connectivity index (χ1n) is 8.43. The van der Waals surface area contributed by atoms with Gasteiger partial charge < -0.3 is 16.2 Å². The Bertz CT molecular complexity index is 566. The zero-order valence-corrected chi connectivity index (χ0v) is 13.9. The van der Waals surface area contributed by atoms with Crippen molar-refractivity contribution < 1.29 is 22.9 Å². The van der Waals surface area contributed by atoms with E-state index in [1.165, 1.54) is 6.42 Å². The lowest BCUT2D eigenvalue weighted by Crippen LogP contribution is -2.63. The topological polar surface area (TPSA) is 130 Å². The van der Waals surface area contributed by atoms with E-state index in [9.17, 15) is 18.3 Å². The normalized spacial score (nSPS) is 40.3. The Hall–Kier alpha value is -0.700. The van der Waals surface area contributed by atoms with Crippen LogP contribution in [0.4, 0.5) is 0 Å². The molecule has 8 heteroatoms. The summed E-state index contributed by atoms with van der Waals surface area (Å²) in [6, 6.07) is -0.591. The van der Waals surface area contributed by atoms with Crippen molar-refractivity contribution in [3.05, 3.63) is 0 Å².